The molecule has 9 N–H and O–H groups in total. The van der Waals surface area contributed by atoms with Crippen molar-refractivity contribution >= 4 is 58.4 Å². The molecule has 0 saturated heterocycles. The first-order valence-corrected chi connectivity index (χ1v) is 18.7. The number of hydrogen-bond donors (Lipinski definition) is 6. The summed E-state index contributed by atoms with van der Waals surface area (Å²) in [6.45, 7) is 4.18. The zero-order valence-corrected chi connectivity index (χ0v) is 31.4. The molecule has 0 saturated carbocycles. The van der Waals surface area contributed by atoms with Crippen LogP contribution in [0.4, 0.5) is 5.82 Å². The number of nitrogens with zero attached hydrogens (tertiary/aromatic N) is 5. The lowest BCUT2D eigenvalue weighted by Crippen LogP contribution is -2.52. The molecule has 0 fully saturated rings. The fraction of sp³-hybridized carbons (Fsp3) is 0.306. The molecule has 2 aromatic carbocycles. The van der Waals surface area contributed by atoms with E-state index < -0.39 is 24.0 Å². The molecule has 2 aromatic heterocycles. The number of thiazole rings is 1. The van der Waals surface area contributed by atoms with Crippen molar-refractivity contribution in [1.29, 1.82) is 10.5 Å². The second-order valence-corrected chi connectivity index (χ2v) is 14.2. The van der Waals surface area contributed by atoms with Gasteiger partial charge in [0.05, 0.1) is 17.3 Å². The van der Waals surface area contributed by atoms with Crippen LogP contribution in [0, 0.1) is 28.6 Å². The number of pyridine rings is 1. The molecule has 0 spiro atoms. The smallest absolute Gasteiger partial charge is 0.326 e. The number of nitrogens with two attached hydrogens (primary N) is 3. The number of carbonyl (C=O) groups excluding carboxylic acids is 1. The molecule has 53 heavy (non-hydrogen) atoms. The van der Waals surface area contributed by atoms with E-state index in [2.05, 4.69) is 32.7 Å². The van der Waals surface area contributed by atoms with Crippen LogP contribution < -0.4 is 32.6 Å². The summed E-state index contributed by atoms with van der Waals surface area (Å²) in [6.07, 6.45) is 0.837. The van der Waals surface area contributed by atoms with E-state index in [-0.39, 0.29) is 42.0 Å². The number of nitrogen functional groups attached to an aromatic ring is 1. The first kappa shape index (κ1) is 40.4. The Kier molecular flexibility index (Phi) is 14.8. The summed E-state index contributed by atoms with van der Waals surface area (Å²) in [5.41, 5.74) is 20.0. The second kappa shape index (κ2) is 19.4. The van der Waals surface area contributed by atoms with Gasteiger partial charge in [-0.15, -0.1) is 11.3 Å². The van der Waals surface area contributed by atoms with Crippen LogP contribution in [0.25, 0.3) is 21.7 Å². The minimum Gasteiger partial charge on any atom is -0.492 e. The molecule has 4 aromatic rings. The van der Waals surface area contributed by atoms with Gasteiger partial charge in [0.2, 0.25) is 5.91 Å². The second-order valence-electron chi connectivity index (χ2n) is 12.0. The normalized spacial score (nSPS) is 12.0. The Morgan fingerprint density at radius 2 is 1.74 bits per heavy atom. The Morgan fingerprint density at radius 3 is 2.36 bits per heavy atom. The third-order valence-electron chi connectivity index (χ3n) is 7.81. The highest BCUT2D eigenvalue weighted by Gasteiger charge is 2.27. The van der Waals surface area contributed by atoms with E-state index in [0.717, 1.165) is 16.3 Å². The summed E-state index contributed by atoms with van der Waals surface area (Å²) in [5, 5.41) is 39.3. The van der Waals surface area contributed by atoms with E-state index in [4.69, 9.17) is 38.5 Å². The van der Waals surface area contributed by atoms with Gasteiger partial charge >= 0.3 is 5.97 Å². The minimum absolute atomic E-state index is 0.00971. The van der Waals surface area contributed by atoms with Gasteiger partial charge in [-0.3, -0.25) is 9.79 Å². The van der Waals surface area contributed by atoms with Crippen LogP contribution in [0.15, 0.2) is 63.9 Å². The number of halogens is 1. The molecule has 0 aliphatic rings. The number of aromatic nitrogens is 2. The number of thioether (sulfide) groups is 1. The first-order chi connectivity index (χ1) is 25.4. The molecule has 276 valence electrons. The van der Waals surface area contributed by atoms with Crippen molar-refractivity contribution in [3.8, 4) is 39.6 Å². The van der Waals surface area contributed by atoms with E-state index in [9.17, 15) is 25.2 Å². The van der Waals surface area contributed by atoms with Crippen molar-refractivity contribution in [2.45, 2.75) is 49.6 Å². The van der Waals surface area contributed by atoms with Crippen LogP contribution >= 0.6 is 34.7 Å². The SMILES string of the molecule is CC(C)[C@@H](NC(=O)[C@H](CCCN=C(N)N)NCCOc1ccc(-c2c(C#N)c(N)nc(SCc3csc(-c4ccc(Cl)cc4)n3)c2C#N)cc1)C(=O)O. The zero-order chi connectivity index (χ0) is 38.5. The largest absolute Gasteiger partial charge is 0.492 e. The number of nitriles is 2. The van der Waals surface area contributed by atoms with Crippen LogP contribution in [0.1, 0.15) is 43.5 Å². The van der Waals surface area contributed by atoms with Crippen LogP contribution in [0.5, 0.6) is 5.75 Å². The predicted molar refractivity (Wildman–Crippen MR) is 207 cm³/mol. The molecule has 14 nitrogen and oxygen atoms in total. The standard InChI is InChI=1S/C36H39ClN10O4S2/c1-20(2)30(35(49)50)46-32(48)28(4-3-13-44-36(41)42)43-14-15-51-25-11-7-21(8-12-25)29-26(16-38)31(40)47-34(27(29)17-39)53-19-24-18-52-33(45-24)22-5-9-23(37)10-6-22/h5-12,18,20,28,30,43H,3-4,13-15,19H2,1-2H3,(H2,40,47)(H,46,48)(H,49,50)(H4,41,42,44)/t28-,30+/m0/s1. The van der Waals surface area contributed by atoms with Crippen molar-refractivity contribution in [3.05, 3.63) is 75.8 Å². The van der Waals surface area contributed by atoms with Crippen LogP contribution in [0.2, 0.25) is 5.02 Å². The molecule has 0 aliphatic heterocycles. The Morgan fingerprint density at radius 1 is 1.06 bits per heavy atom. The number of aliphatic carboxylic acids is 1. The van der Waals surface area contributed by atoms with Crippen molar-refractivity contribution < 1.29 is 19.4 Å². The number of carbonyl (C=O) groups is 2. The number of nitrogens with one attached hydrogen (secondary N) is 2. The van der Waals surface area contributed by atoms with Crippen LogP contribution in [-0.4, -0.2) is 64.7 Å². The number of ether oxygens (including phenoxy) is 1. The highest BCUT2D eigenvalue weighted by molar-refractivity contribution is 7.98. The first-order valence-electron chi connectivity index (χ1n) is 16.4. The predicted octanol–water partition coefficient (Wildman–Crippen LogP) is 4.76. The van der Waals surface area contributed by atoms with Crippen LogP contribution in [-0.2, 0) is 15.3 Å². The molecule has 2 heterocycles. The number of guanidine groups is 1. The van der Waals surface area contributed by atoms with Gasteiger partial charge in [0, 0.05) is 40.4 Å². The van der Waals surface area contributed by atoms with Crippen molar-refractivity contribution in [2.24, 2.45) is 22.4 Å². The lowest BCUT2D eigenvalue weighted by Gasteiger charge is -2.23. The summed E-state index contributed by atoms with van der Waals surface area (Å²) in [5.74, 6) is -1.00. The number of aliphatic imine (C=N–C) groups is 1. The fourth-order valence-corrected chi connectivity index (χ4v) is 7.09. The molecular formula is C36H39ClN10O4S2. The third kappa shape index (κ3) is 11.3. The Hall–Kier alpha value is -5.39. The number of rotatable bonds is 18. The third-order valence-corrected chi connectivity index (χ3v) is 10.0. The quantitative estimate of drug-likeness (QED) is 0.0346. The van der Waals surface area contributed by atoms with E-state index in [0.29, 0.717) is 52.1 Å². The maximum Gasteiger partial charge on any atom is 0.326 e. The number of benzene rings is 2. The number of amides is 1. The summed E-state index contributed by atoms with van der Waals surface area (Å²) in [4.78, 5) is 37.7. The maximum atomic E-state index is 13.0. The van der Waals surface area contributed by atoms with Crippen LogP contribution in [0.3, 0.4) is 0 Å². The van der Waals surface area contributed by atoms with Gasteiger partial charge in [-0.25, -0.2) is 14.8 Å². The molecular weight excluding hydrogens is 736 g/mol. The van der Waals surface area contributed by atoms with Gasteiger partial charge in [-0.2, -0.15) is 10.5 Å². The van der Waals surface area contributed by atoms with Crippen molar-refractivity contribution in [1.82, 2.24) is 20.6 Å². The Labute approximate surface area is 320 Å². The summed E-state index contributed by atoms with van der Waals surface area (Å²) >= 11 is 8.82. The fourth-order valence-electron chi connectivity index (χ4n) is 5.15. The number of hydrogen-bond acceptors (Lipinski definition) is 12. The van der Waals surface area contributed by atoms with E-state index in [1.807, 2.05) is 17.5 Å². The topological polar surface area (TPSA) is 251 Å². The molecule has 4 rings (SSSR count). The van der Waals surface area contributed by atoms with E-state index in [1.54, 1.807) is 50.2 Å². The lowest BCUT2D eigenvalue weighted by atomic mass is 9.97. The average molecular weight is 775 g/mol. The highest BCUT2D eigenvalue weighted by atomic mass is 35.5. The molecule has 1 amide bonds. The zero-order valence-electron chi connectivity index (χ0n) is 29.0. The molecule has 0 aliphatic carbocycles. The molecule has 0 unspecified atom stereocenters. The molecule has 2 atom stereocenters. The van der Waals surface area contributed by atoms with Gasteiger partial charge in [0.25, 0.3) is 0 Å². The lowest BCUT2D eigenvalue weighted by molar-refractivity contribution is -0.143. The monoisotopic (exact) mass is 774 g/mol. The highest BCUT2D eigenvalue weighted by Crippen LogP contribution is 2.37. The van der Waals surface area contributed by atoms with Gasteiger partial charge < -0.3 is 37.7 Å². The van der Waals surface area contributed by atoms with Gasteiger partial charge in [0.1, 0.15) is 52.0 Å². The summed E-state index contributed by atoms with van der Waals surface area (Å²) in [6, 6.07) is 16.8. The molecule has 17 heteroatoms. The summed E-state index contributed by atoms with van der Waals surface area (Å²) < 4.78 is 5.90. The maximum absolute atomic E-state index is 13.0. The molecule has 0 radical (unpaired) electrons. The van der Waals surface area contributed by atoms with E-state index in [1.165, 1.54) is 23.1 Å². The minimum atomic E-state index is -1.12. The molecule has 0 bridgehead atoms. The number of carboxylic acids is 1. The van der Waals surface area contributed by atoms with Crippen molar-refractivity contribution in [2.75, 3.05) is 25.4 Å². The Balaban J connectivity index is 1.43. The van der Waals surface area contributed by atoms with Gasteiger partial charge in [-0.05, 0) is 48.6 Å². The van der Waals surface area contributed by atoms with E-state index >= 15 is 0 Å². The van der Waals surface area contributed by atoms with Gasteiger partial charge in [-0.1, -0.05) is 61.5 Å². The number of anilines is 1. The summed E-state index contributed by atoms with van der Waals surface area (Å²) in [7, 11) is 0. The van der Waals surface area contributed by atoms with Crippen molar-refractivity contribution in [3.63, 3.8) is 0 Å². The number of carboxylic acid groups (broad SMARTS) is 1. The van der Waals surface area contributed by atoms with Gasteiger partial charge in [0.15, 0.2) is 5.96 Å². The Bertz CT molecular complexity index is 2000. The average Bonchev–Trinajstić information content (AvgIpc) is 3.61.